The summed E-state index contributed by atoms with van der Waals surface area (Å²) in [7, 11) is 0. The van der Waals surface area contributed by atoms with Crippen LogP contribution in [0.4, 0.5) is 0 Å². The van der Waals surface area contributed by atoms with Crippen LogP contribution in [0.3, 0.4) is 0 Å². The van der Waals surface area contributed by atoms with Gasteiger partial charge >= 0.3 is 0 Å². The molecule has 0 saturated carbocycles. The number of nitrogens with zero attached hydrogens (tertiary/aromatic N) is 1. The molecule has 0 bridgehead atoms. The smallest absolute Gasteiger partial charge is 0.124 e. The monoisotopic (exact) mass is 248 g/mol. The van der Waals surface area contributed by atoms with Gasteiger partial charge in [-0.05, 0) is 39.8 Å². The van der Waals surface area contributed by atoms with E-state index < -0.39 is 0 Å². The molecule has 0 aliphatic carbocycles. The number of halogens is 1. The summed E-state index contributed by atoms with van der Waals surface area (Å²) >= 11 is 0. The lowest BCUT2D eigenvalue weighted by atomic mass is 10.00. The molecule has 0 aromatic heterocycles. The summed E-state index contributed by atoms with van der Waals surface area (Å²) < 4.78 is 5.89. The molecular formula is C12H25ClN2O. The lowest BCUT2D eigenvalue weighted by Crippen LogP contribution is -2.53. The van der Waals surface area contributed by atoms with Gasteiger partial charge in [0.25, 0.3) is 0 Å². The minimum atomic E-state index is 0. The fraction of sp³-hybridized carbons (Fsp3) is 1.00. The van der Waals surface area contributed by atoms with E-state index in [1.807, 2.05) is 0 Å². The maximum Gasteiger partial charge on any atom is 0.124 e. The van der Waals surface area contributed by atoms with E-state index in [-0.39, 0.29) is 24.2 Å². The topological polar surface area (TPSA) is 24.5 Å². The van der Waals surface area contributed by atoms with Crippen molar-refractivity contribution in [1.29, 1.82) is 0 Å². The average Bonchev–Trinajstić information content (AvgIpc) is 2.59. The molecule has 0 radical (unpaired) electrons. The highest BCUT2D eigenvalue weighted by Crippen LogP contribution is 2.25. The van der Waals surface area contributed by atoms with Crippen molar-refractivity contribution in [1.82, 2.24) is 10.2 Å². The molecule has 0 amide bonds. The van der Waals surface area contributed by atoms with Gasteiger partial charge in [-0.25, -0.2) is 0 Å². The van der Waals surface area contributed by atoms with Crippen molar-refractivity contribution in [3.8, 4) is 0 Å². The number of likely N-dealkylation sites (N-methyl/N-ethyl adjacent to an activating group) is 1. The highest BCUT2D eigenvalue weighted by molar-refractivity contribution is 5.85. The largest absolute Gasteiger partial charge is 0.360 e. The molecule has 2 heterocycles. The van der Waals surface area contributed by atoms with Crippen LogP contribution in [0.5, 0.6) is 0 Å². The Morgan fingerprint density at radius 1 is 1.38 bits per heavy atom. The normalized spacial score (nSPS) is 34.7. The number of likely N-dealkylation sites (tertiary alicyclic amines) is 1. The highest BCUT2D eigenvalue weighted by Gasteiger charge is 2.38. The lowest BCUT2D eigenvalue weighted by Gasteiger charge is -2.38. The van der Waals surface area contributed by atoms with E-state index >= 15 is 0 Å². The molecule has 0 aromatic carbocycles. The molecule has 2 fully saturated rings. The predicted molar refractivity (Wildman–Crippen MR) is 69.1 cm³/mol. The van der Waals surface area contributed by atoms with Gasteiger partial charge < -0.3 is 4.74 Å². The van der Waals surface area contributed by atoms with E-state index in [9.17, 15) is 0 Å². The molecule has 3 nitrogen and oxygen atoms in total. The lowest BCUT2D eigenvalue weighted by molar-refractivity contribution is -0.000858. The number of hydrogen-bond acceptors (Lipinski definition) is 3. The van der Waals surface area contributed by atoms with Gasteiger partial charge in [0.1, 0.15) is 6.23 Å². The first-order valence-corrected chi connectivity index (χ1v) is 6.26. The van der Waals surface area contributed by atoms with E-state index in [2.05, 4.69) is 31.0 Å². The number of ether oxygens (including phenoxy) is 1. The summed E-state index contributed by atoms with van der Waals surface area (Å²) in [5, 5.41) is 3.60. The summed E-state index contributed by atoms with van der Waals surface area (Å²) in [4.78, 5) is 2.56. The highest BCUT2D eigenvalue weighted by atomic mass is 35.5. The fourth-order valence-corrected chi connectivity index (χ4v) is 2.73. The van der Waals surface area contributed by atoms with Crippen LogP contribution in [-0.2, 0) is 4.74 Å². The SMILES string of the molecule is CCN1CCCCC1C1NC(C)(C)CO1.Cl. The molecule has 2 saturated heterocycles. The van der Waals surface area contributed by atoms with Crippen molar-refractivity contribution in [2.45, 2.75) is 57.8 Å². The van der Waals surface area contributed by atoms with Crippen LogP contribution in [0.2, 0.25) is 0 Å². The summed E-state index contributed by atoms with van der Waals surface area (Å²) in [6, 6.07) is 0.588. The van der Waals surface area contributed by atoms with Crippen LogP contribution in [0, 0.1) is 0 Å². The van der Waals surface area contributed by atoms with Gasteiger partial charge in [0.05, 0.1) is 6.61 Å². The standard InChI is InChI=1S/C12H24N2O.ClH/c1-4-14-8-6-5-7-10(14)11-13-12(2,3)9-15-11;/h10-11,13H,4-9H2,1-3H3;1H. The van der Waals surface area contributed by atoms with Crippen LogP contribution >= 0.6 is 12.4 Å². The molecule has 1 N–H and O–H groups in total. The minimum Gasteiger partial charge on any atom is -0.360 e. The van der Waals surface area contributed by atoms with Gasteiger partial charge in [-0.1, -0.05) is 13.3 Å². The maximum absolute atomic E-state index is 5.89. The van der Waals surface area contributed by atoms with Crippen LogP contribution in [-0.4, -0.2) is 42.4 Å². The van der Waals surface area contributed by atoms with Gasteiger partial charge in [0.15, 0.2) is 0 Å². The number of hydrogen-bond donors (Lipinski definition) is 1. The summed E-state index contributed by atoms with van der Waals surface area (Å²) in [5.74, 6) is 0. The zero-order valence-corrected chi connectivity index (χ0v) is 11.5. The average molecular weight is 249 g/mol. The molecule has 2 atom stereocenters. The second kappa shape index (κ2) is 5.67. The summed E-state index contributed by atoms with van der Waals surface area (Å²) in [5.41, 5.74) is 0.154. The summed E-state index contributed by atoms with van der Waals surface area (Å²) in [6.45, 7) is 9.90. The van der Waals surface area contributed by atoms with Crippen LogP contribution in [0.1, 0.15) is 40.0 Å². The van der Waals surface area contributed by atoms with Crippen LogP contribution in [0.15, 0.2) is 0 Å². The zero-order valence-electron chi connectivity index (χ0n) is 10.7. The quantitative estimate of drug-likeness (QED) is 0.809. The van der Waals surface area contributed by atoms with Crippen LogP contribution < -0.4 is 5.32 Å². The second-order valence-corrected chi connectivity index (χ2v) is 5.45. The molecule has 2 unspecified atom stereocenters. The number of rotatable bonds is 2. The van der Waals surface area contributed by atoms with Crippen LogP contribution in [0.25, 0.3) is 0 Å². The van der Waals surface area contributed by atoms with E-state index in [1.165, 1.54) is 25.8 Å². The first-order chi connectivity index (χ1) is 7.12. The Kier molecular flexibility index (Phi) is 5.05. The van der Waals surface area contributed by atoms with Crippen molar-refractivity contribution < 1.29 is 4.74 Å². The Balaban J connectivity index is 0.00000128. The van der Waals surface area contributed by atoms with Gasteiger partial charge in [0.2, 0.25) is 0 Å². The number of nitrogens with one attached hydrogen (secondary N) is 1. The van der Waals surface area contributed by atoms with Crippen molar-refractivity contribution in [2.24, 2.45) is 0 Å². The van der Waals surface area contributed by atoms with E-state index in [0.717, 1.165) is 13.2 Å². The van der Waals surface area contributed by atoms with E-state index in [4.69, 9.17) is 4.74 Å². The third kappa shape index (κ3) is 3.10. The Morgan fingerprint density at radius 2 is 2.12 bits per heavy atom. The molecule has 2 rings (SSSR count). The zero-order chi connectivity index (χ0) is 10.9. The molecule has 0 aromatic rings. The second-order valence-electron chi connectivity index (χ2n) is 5.45. The number of piperidine rings is 1. The third-order valence-electron chi connectivity index (χ3n) is 3.58. The minimum absolute atomic E-state index is 0. The molecule has 16 heavy (non-hydrogen) atoms. The fourth-order valence-electron chi connectivity index (χ4n) is 2.73. The summed E-state index contributed by atoms with van der Waals surface area (Å²) in [6.07, 6.45) is 4.23. The van der Waals surface area contributed by atoms with Crippen molar-refractivity contribution >= 4 is 12.4 Å². The van der Waals surface area contributed by atoms with Gasteiger partial charge in [-0.3, -0.25) is 10.2 Å². The maximum atomic E-state index is 5.89. The first kappa shape index (κ1) is 14.2. The first-order valence-electron chi connectivity index (χ1n) is 6.26. The molecule has 2 aliphatic rings. The molecule has 96 valence electrons. The molecule has 4 heteroatoms. The predicted octanol–water partition coefficient (Wildman–Crippen LogP) is 2.01. The van der Waals surface area contributed by atoms with Gasteiger partial charge in [-0.2, -0.15) is 0 Å². The Hall–Kier alpha value is 0.170. The van der Waals surface area contributed by atoms with Crippen molar-refractivity contribution in [3.63, 3.8) is 0 Å². The van der Waals surface area contributed by atoms with Crippen molar-refractivity contribution in [3.05, 3.63) is 0 Å². The van der Waals surface area contributed by atoms with E-state index in [0.29, 0.717) is 6.04 Å². The Bertz CT molecular complexity index is 223. The van der Waals surface area contributed by atoms with Gasteiger partial charge in [0, 0.05) is 11.6 Å². The molecule has 0 spiro atoms. The third-order valence-corrected chi connectivity index (χ3v) is 3.58. The van der Waals surface area contributed by atoms with Crippen molar-refractivity contribution in [2.75, 3.05) is 19.7 Å². The Morgan fingerprint density at radius 3 is 2.69 bits per heavy atom. The Labute approximate surface area is 105 Å². The molecule has 2 aliphatic heterocycles. The molecular weight excluding hydrogens is 224 g/mol. The van der Waals surface area contributed by atoms with E-state index in [1.54, 1.807) is 0 Å². The van der Waals surface area contributed by atoms with Gasteiger partial charge in [-0.15, -0.1) is 12.4 Å².